The molecule has 6 heteroatoms. The maximum Gasteiger partial charge on any atom is 0.417 e. The van der Waals surface area contributed by atoms with Crippen molar-refractivity contribution in [3.63, 3.8) is 0 Å². The van der Waals surface area contributed by atoms with E-state index in [1.54, 1.807) is 0 Å². The molecule has 0 saturated carbocycles. The summed E-state index contributed by atoms with van der Waals surface area (Å²) >= 11 is 5.42. The normalized spacial score (nSPS) is 11.8. The van der Waals surface area contributed by atoms with Gasteiger partial charge in [0.05, 0.1) is 11.8 Å². The Balaban J connectivity index is 2.57. The van der Waals surface area contributed by atoms with Crippen molar-refractivity contribution in [2.75, 3.05) is 0 Å². The van der Waals surface area contributed by atoms with Crippen LogP contribution in [0.3, 0.4) is 0 Å². The van der Waals surface area contributed by atoms with Gasteiger partial charge in [0.2, 0.25) is 0 Å². The molecule has 0 bridgehead atoms. The molecule has 2 nitrogen and oxygen atoms in total. The molecule has 0 aliphatic heterocycles. The molecule has 1 aromatic carbocycles. The van der Waals surface area contributed by atoms with Gasteiger partial charge in [0.15, 0.2) is 5.76 Å². The number of rotatable bonds is 1. The molecule has 0 aliphatic carbocycles. The van der Waals surface area contributed by atoms with E-state index in [9.17, 15) is 13.2 Å². The van der Waals surface area contributed by atoms with E-state index >= 15 is 0 Å². The van der Waals surface area contributed by atoms with Gasteiger partial charge in [0.25, 0.3) is 5.35 Å². The standard InChI is InChI=1S/C10H5ClF3NO/c11-9-15-5-8(16-9)6-3-1-2-4-7(6)10(12,13)14/h1-5H. The number of halogens is 4. The molecule has 16 heavy (non-hydrogen) atoms. The SMILES string of the molecule is FC(F)(F)c1ccccc1-c1cnc(Cl)o1. The first-order chi connectivity index (χ1) is 7.48. The smallest absolute Gasteiger partial charge is 0.417 e. The Labute approximate surface area is 93.7 Å². The molecule has 1 heterocycles. The number of hydrogen-bond acceptors (Lipinski definition) is 2. The highest BCUT2D eigenvalue weighted by Crippen LogP contribution is 2.37. The van der Waals surface area contributed by atoms with Crippen molar-refractivity contribution in [1.29, 1.82) is 0 Å². The van der Waals surface area contributed by atoms with Crippen LogP contribution < -0.4 is 0 Å². The van der Waals surface area contributed by atoms with Crippen LogP contribution >= 0.6 is 11.6 Å². The van der Waals surface area contributed by atoms with Crippen LogP contribution in [-0.2, 0) is 6.18 Å². The summed E-state index contributed by atoms with van der Waals surface area (Å²) in [7, 11) is 0. The van der Waals surface area contributed by atoms with Crippen molar-refractivity contribution < 1.29 is 17.6 Å². The third-order valence-electron chi connectivity index (χ3n) is 1.98. The van der Waals surface area contributed by atoms with E-state index in [1.807, 2.05) is 0 Å². The van der Waals surface area contributed by atoms with Crippen LogP contribution in [0.1, 0.15) is 5.56 Å². The lowest BCUT2D eigenvalue weighted by molar-refractivity contribution is -0.137. The summed E-state index contributed by atoms with van der Waals surface area (Å²) in [5.74, 6) is -0.00192. The molecule has 0 amide bonds. The number of hydrogen-bond donors (Lipinski definition) is 0. The lowest BCUT2D eigenvalue weighted by atomic mass is 10.1. The molecular formula is C10H5ClF3NO. The fraction of sp³-hybridized carbons (Fsp3) is 0.100. The Morgan fingerprint density at radius 1 is 1.19 bits per heavy atom. The summed E-state index contributed by atoms with van der Waals surface area (Å²) in [6.07, 6.45) is -3.28. The number of benzene rings is 1. The molecule has 2 aromatic rings. The zero-order valence-electron chi connectivity index (χ0n) is 7.75. The molecule has 0 unspecified atom stereocenters. The van der Waals surface area contributed by atoms with Crippen molar-refractivity contribution in [2.24, 2.45) is 0 Å². The first-order valence-corrected chi connectivity index (χ1v) is 4.64. The Morgan fingerprint density at radius 2 is 1.88 bits per heavy atom. The Kier molecular flexibility index (Phi) is 2.63. The van der Waals surface area contributed by atoms with Gasteiger partial charge in [-0.1, -0.05) is 18.2 Å². The van der Waals surface area contributed by atoms with Crippen LogP contribution in [0.2, 0.25) is 5.35 Å². The highest BCUT2D eigenvalue weighted by molar-refractivity contribution is 6.27. The van der Waals surface area contributed by atoms with Gasteiger partial charge in [0, 0.05) is 5.56 Å². The fourth-order valence-electron chi connectivity index (χ4n) is 1.32. The van der Waals surface area contributed by atoms with Crippen LogP contribution in [-0.4, -0.2) is 4.98 Å². The number of alkyl halides is 3. The van der Waals surface area contributed by atoms with Crippen LogP contribution in [0.25, 0.3) is 11.3 Å². The van der Waals surface area contributed by atoms with Gasteiger partial charge in [-0.15, -0.1) is 0 Å². The molecule has 0 atom stereocenters. The predicted molar refractivity (Wildman–Crippen MR) is 52.0 cm³/mol. The Morgan fingerprint density at radius 3 is 2.44 bits per heavy atom. The maximum absolute atomic E-state index is 12.6. The van der Waals surface area contributed by atoms with E-state index in [1.165, 1.54) is 18.2 Å². The average Bonchev–Trinajstić information content (AvgIpc) is 2.64. The van der Waals surface area contributed by atoms with E-state index < -0.39 is 11.7 Å². The number of nitrogens with zero attached hydrogens (tertiary/aromatic N) is 1. The van der Waals surface area contributed by atoms with E-state index in [-0.39, 0.29) is 16.7 Å². The van der Waals surface area contributed by atoms with Gasteiger partial charge in [-0.2, -0.15) is 13.2 Å². The molecular weight excluding hydrogens is 243 g/mol. The molecule has 0 radical (unpaired) electrons. The Bertz CT molecular complexity index is 507. The summed E-state index contributed by atoms with van der Waals surface area (Å²) < 4.78 is 42.8. The van der Waals surface area contributed by atoms with Gasteiger partial charge in [0.1, 0.15) is 0 Å². The van der Waals surface area contributed by atoms with Gasteiger partial charge in [-0.3, -0.25) is 0 Å². The maximum atomic E-state index is 12.6. The van der Waals surface area contributed by atoms with E-state index in [0.29, 0.717) is 0 Å². The summed E-state index contributed by atoms with van der Waals surface area (Å²) in [5, 5.41) is -0.188. The summed E-state index contributed by atoms with van der Waals surface area (Å²) in [4.78, 5) is 3.55. The highest BCUT2D eigenvalue weighted by Gasteiger charge is 2.34. The molecule has 1 aromatic heterocycles. The monoisotopic (exact) mass is 247 g/mol. The van der Waals surface area contributed by atoms with Crippen LogP contribution in [0.15, 0.2) is 34.9 Å². The average molecular weight is 248 g/mol. The highest BCUT2D eigenvalue weighted by atomic mass is 35.5. The second-order valence-electron chi connectivity index (χ2n) is 3.02. The first kappa shape index (κ1) is 11.0. The van der Waals surface area contributed by atoms with Crippen molar-refractivity contribution >= 4 is 11.6 Å². The molecule has 0 saturated heterocycles. The third-order valence-corrected chi connectivity index (χ3v) is 2.15. The first-order valence-electron chi connectivity index (χ1n) is 4.26. The molecule has 0 aliphatic rings. The van der Waals surface area contributed by atoms with Crippen molar-refractivity contribution in [1.82, 2.24) is 4.98 Å². The largest absolute Gasteiger partial charge is 0.428 e. The van der Waals surface area contributed by atoms with Crippen LogP contribution in [0.4, 0.5) is 13.2 Å². The minimum absolute atomic E-state index is 0.00192. The van der Waals surface area contributed by atoms with Crippen molar-refractivity contribution in [3.05, 3.63) is 41.4 Å². The van der Waals surface area contributed by atoms with Crippen molar-refractivity contribution in [2.45, 2.75) is 6.18 Å². The third kappa shape index (κ3) is 2.04. The second-order valence-corrected chi connectivity index (χ2v) is 3.34. The fourth-order valence-corrected chi connectivity index (χ4v) is 1.45. The second kappa shape index (κ2) is 3.83. The minimum atomic E-state index is -4.43. The molecule has 0 fully saturated rings. The lowest BCUT2D eigenvalue weighted by Gasteiger charge is -2.09. The molecule has 0 spiro atoms. The number of aromatic nitrogens is 1. The van der Waals surface area contributed by atoms with Crippen molar-refractivity contribution in [3.8, 4) is 11.3 Å². The molecule has 0 N–H and O–H groups in total. The molecule has 2 rings (SSSR count). The van der Waals surface area contributed by atoms with E-state index in [0.717, 1.165) is 12.3 Å². The summed E-state index contributed by atoms with van der Waals surface area (Å²) in [5.41, 5.74) is -0.850. The lowest BCUT2D eigenvalue weighted by Crippen LogP contribution is -2.06. The zero-order chi connectivity index (χ0) is 11.8. The van der Waals surface area contributed by atoms with Gasteiger partial charge in [-0.05, 0) is 17.7 Å². The van der Waals surface area contributed by atoms with Gasteiger partial charge in [-0.25, -0.2) is 4.98 Å². The zero-order valence-corrected chi connectivity index (χ0v) is 8.51. The van der Waals surface area contributed by atoms with E-state index in [2.05, 4.69) is 4.98 Å². The minimum Gasteiger partial charge on any atom is -0.428 e. The Hall–Kier alpha value is -1.49. The summed E-state index contributed by atoms with van der Waals surface area (Å²) in [6, 6.07) is 5.08. The van der Waals surface area contributed by atoms with Gasteiger partial charge >= 0.3 is 6.18 Å². The van der Waals surface area contributed by atoms with Crippen LogP contribution in [0.5, 0.6) is 0 Å². The quantitative estimate of drug-likeness (QED) is 0.761. The summed E-state index contributed by atoms with van der Waals surface area (Å²) in [6.45, 7) is 0. The predicted octanol–water partition coefficient (Wildman–Crippen LogP) is 4.01. The van der Waals surface area contributed by atoms with Gasteiger partial charge < -0.3 is 4.42 Å². The van der Waals surface area contributed by atoms with E-state index in [4.69, 9.17) is 16.0 Å². The van der Waals surface area contributed by atoms with Crippen LogP contribution in [0, 0.1) is 0 Å². The topological polar surface area (TPSA) is 26.0 Å². The number of oxazole rings is 1. The molecule has 84 valence electrons.